The third-order valence-corrected chi connectivity index (χ3v) is 4.26. The minimum atomic E-state index is -0.0409. The molecule has 5 atom stereocenters. The summed E-state index contributed by atoms with van der Waals surface area (Å²) < 4.78 is 12.3. The largest absolute Gasteiger partial charge is 0.373 e. The maximum atomic E-state index is 6.16. The number of hydrogen-bond donors (Lipinski definition) is 0. The lowest BCUT2D eigenvalue weighted by atomic mass is 9.81. The van der Waals surface area contributed by atoms with E-state index in [-0.39, 0.29) is 17.9 Å². The highest BCUT2D eigenvalue weighted by Crippen LogP contribution is 2.43. The van der Waals surface area contributed by atoms with Gasteiger partial charge in [0, 0.05) is 6.42 Å². The van der Waals surface area contributed by atoms with Crippen LogP contribution in [0.25, 0.3) is 0 Å². The third-order valence-electron chi connectivity index (χ3n) is 4.26. The second-order valence-corrected chi connectivity index (χ2v) is 5.97. The summed E-state index contributed by atoms with van der Waals surface area (Å²) in [5.74, 6) is 0.560. The molecule has 94 valence electrons. The fourth-order valence-electron chi connectivity index (χ4n) is 3.39. The molecule has 0 bridgehead atoms. The first-order chi connectivity index (χ1) is 7.35. The van der Waals surface area contributed by atoms with Crippen LogP contribution in [-0.2, 0) is 9.47 Å². The van der Waals surface area contributed by atoms with Crippen molar-refractivity contribution in [2.75, 3.05) is 7.05 Å². The monoisotopic (exact) mass is 227 g/mol. The van der Waals surface area contributed by atoms with E-state index >= 15 is 0 Å². The maximum absolute atomic E-state index is 6.16. The quantitative estimate of drug-likeness (QED) is 0.686. The van der Waals surface area contributed by atoms with Crippen LogP contribution in [0.3, 0.4) is 0 Å². The van der Waals surface area contributed by atoms with Crippen LogP contribution in [0.4, 0.5) is 0 Å². The zero-order valence-corrected chi connectivity index (χ0v) is 11.4. The van der Waals surface area contributed by atoms with Crippen molar-refractivity contribution in [3.05, 3.63) is 0 Å². The summed E-state index contributed by atoms with van der Waals surface area (Å²) in [5, 5.41) is 0. The molecular formula is C13H25NO2. The standard InChI is InChI=1S/C13H25NO2/c1-8(2)11-7-13(5)12(9(3)15-11)14(6)10(4)16-13/h8-12H,7H2,1-6H3/t9-,10?,11?,12+,13-/m0/s1. The number of nitrogens with zero attached hydrogens (tertiary/aromatic N) is 1. The second-order valence-electron chi connectivity index (χ2n) is 5.97. The summed E-state index contributed by atoms with van der Waals surface area (Å²) in [7, 11) is 2.14. The molecular weight excluding hydrogens is 202 g/mol. The van der Waals surface area contributed by atoms with Crippen molar-refractivity contribution in [1.29, 1.82) is 0 Å². The highest BCUT2D eigenvalue weighted by Gasteiger charge is 2.54. The molecule has 0 aliphatic carbocycles. The normalized spacial score (nSPS) is 49.7. The topological polar surface area (TPSA) is 21.7 Å². The van der Waals surface area contributed by atoms with Gasteiger partial charge >= 0.3 is 0 Å². The Morgan fingerprint density at radius 1 is 1.31 bits per heavy atom. The maximum Gasteiger partial charge on any atom is 0.108 e. The Morgan fingerprint density at radius 2 is 1.94 bits per heavy atom. The van der Waals surface area contributed by atoms with Crippen LogP contribution in [0.15, 0.2) is 0 Å². The predicted octanol–water partition coefficient (Wildman–Crippen LogP) is 2.26. The molecule has 3 heteroatoms. The van der Waals surface area contributed by atoms with Gasteiger partial charge in [-0.25, -0.2) is 0 Å². The number of fused-ring (bicyclic) bond motifs is 1. The molecule has 0 amide bonds. The molecule has 2 saturated heterocycles. The molecule has 16 heavy (non-hydrogen) atoms. The van der Waals surface area contributed by atoms with Gasteiger partial charge in [0.1, 0.15) is 6.23 Å². The number of likely N-dealkylation sites (N-methyl/N-ethyl adjacent to an activating group) is 1. The van der Waals surface area contributed by atoms with Crippen LogP contribution in [0.1, 0.15) is 41.0 Å². The molecule has 2 aliphatic rings. The first-order valence-electron chi connectivity index (χ1n) is 6.40. The van der Waals surface area contributed by atoms with E-state index in [1.165, 1.54) is 0 Å². The van der Waals surface area contributed by atoms with Gasteiger partial charge in [-0.1, -0.05) is 13.8 Å². The van der Waals surface area contributed by atoms with Crippen LogP contribution in [0.2, 0.25) is 0 Å². The molecule has 0 radical (unpaired) electrons. The minimum Gasteiger partial charge on any atom is -0.373 e. The number of hydrogen-bond acceptors (Lipinski definition) is 3. The third kappa shape index (κ3) is 1.79. The molecule has 3 nitrogen and oxygen atoms in total. The Hall–Kier alpha value is -0.120. The van der Waals surface area contributed by atoms with E-state index in [1.54, 1.807) is 0 Å². The van der Waals surface area contributed by atoms with E-state index in [0.717, 1.165) is 6.42 Å². The Kier molecular flexibility index (Phi) is 3.06. The van der Waals surface area contributed by atoms with Crippen LogP contribution in [0.5, 0.6) is 0 Å². The van der Waals surface area contributed by atoms with Crippen molar-refractivity contribution in [3.63, 3.8) is 0 Å². The molecule has 0 aromatic carbocycles. The van der Waals surface area contributed by atoms with Crippen molar-refractivity contribution in [2.45, 2.75) is 71.1 Å². The zero-order valence-electron chi connectivity index (χ0n) is 11.4. The van der Waals surface area contributed by atoms with E-state index in [1.807, 2.05) is 0 Å². The Balaban J connectivity index is 2.21. The lowest BCUT2D eigenvalue weighted by Gasteiger charge is -2.45. The first kappa shape index (κ1) is 12.3. The smallest absolute Gasteiger partial charge is 0.108 e. The van der Waals surface area contributed by atoms with Crippen LogP contribution in [0, 0.1) is 5.92 Å². The lowest BCUT2D eigenvalue weighted by molar-refractivity contribution is -0.156. The highest BCUT2D eigenvalue weighted by molar-refractivity contribution is 5.04. The van der Waals surface area contributed by atoms with Gasteiger partial charge in [-0.05, 0) is 33.7 Å². The first-order valence-corrected chi connectivity index (χ1v) is 6.40. The lowest BCUT2D eigenvalue weighted by Crippen LogP contribution is -2.57. The van der Waals surface area contributed by atoms with Gasteiger partial charge in [0.2, 0.25) is 0 Å². The van der Waals surface area contributed by atoms with Crippen molar-refractivity contribution in [3.8, 4) is 0 Å². The molecule has 0 aromatic rings. The van der Waals surface area contributed by atoms with Gasteiger partial charge < -0.3 is 9.47 Å². The Bertz CT molecular complexity index is 269. The van der Waals surface area contributed by atoms with E-state index < -0.39 is 0 Å². The van der Waals surface area contributed by atoms with Crippen molar-refractivity contribution < 1.29 is 9.47 Å². The number of rotatable bonds is 1. The fourth-order valence-corrected chi connectivity index (χ4v) is 3.39. The molecule has 0 spiro atoms. The molecule has 2 aliphatic heterocycles. The molecule has 0 N–H and O–H groups in total. The SMILES string of the molecule is CC(C)C1C[C@]2(C)OC(C)N(C)[C@@H]2[C@H](C)O1. The zero-order chi connectivity index (χ0) is 12.1. The molecule has 2 unspecified atom stereocenters. The molecule has 2 heterocycles. The fraction of sp³-hybridized carbons (Fsp3) is 1.00. The second kappa shape index (κ2) is 3.97. The van der Waals surface area contributed by atoms with Gasteiger partial charge in [-0.15, -0.1) is 0 Å². The minimum absolute atomic E-state index is 0.0409. The molecule has 0 saturated carbocycles. The highest BCUT2D eigenvalue weighted by atomic mass is 16.6. The van der Waals surface area contributed by atoms with Gasteiger partial charge in [0.05, 0.1) is 23.9 Å². The van der Waals surface area contributed by atoms with Gasteiger partial charge in [-0.3, -0.25) is 4.90 Å². The van der Waals surface area contributed by atoms with Gasteiger partial charge in [0.15, 0.2) is 0 Å². The molecule has 2 fully saturated rings. The Labute approximate surface area is 99.1 Å². The summed E-state index contributed by atoms with van der Waals surface area (Å²) in [6.45, 7) is 11.0. The average Bonchev–Trinajstić information content (AvgIpc) is 2.37. The Morgan fingerprint density at radius 3 is 2.50 bits per heavy atom. The summed E-state index contributed by atoms with van der Waals surface area (Å²) in [4.78, 5) is 2.31. The summed E-state index contributed by atoms with van der Waals surface area (Å²) in [6, 6.07) is 0.387. The predicted molar refractivity (Wildman–Crippen MR) is 64.3 cm³/mol. The van der Waals surface area contributed by atoms with Crippen molar-refractivity contribution >= 4 is 0 Å². The van der Waals surface area contributed by atoms with Crippen LogP contribution in [-0.4, -0.2) is 42.0 Å². The van der Waals surface area contributed by atoms with Crippen LogP contribution < -0.4 is 0 Å². The van der Waals surface area contributed by atoms with E-state index in [4.69, 9.17) is 9.47 Å². The molecule has 2 rings (SSSR count). The van der Waals surface area contributed by atoms with E-state index in [0.29, 0.717) is 18.1 Å². The summed E-state index contributed by atoms with van der Waals surface area (Å²) in [6.07, 6.45) is 1.79. The van der Waals surface area contributed by atoms with Crippen LogP contribution >= 0.6 is 0 Å². The summed E-state index contributed by atoms with van der Waals surface area (Å²) in [5.41, 5.74) is -0.0409. The molecule has 0 aromatic heterocycles. The van der Waals surface area contributed by atoms with Crippen molar-refractivity contribution in [1.82, 2.24) is 4.90 Å². The number of ether oxygens (including phenoxy) is 2. The summed E-state index contributed by atoms with van der Waals surface area (Å²) >= 11 is 0. The van der Waals surface area contributed by atoms with Crippen molar-refractivity contribution in [2.24, 2.45) is 5.92 Å². The average molecular weight is 227 g/mol. The van der Waals surface area contributed by atoms with E-state index in [9.17, 15) is 0 Å². The van der Waals surface area contributed by atoms with Gasteiger partial charge in [0.25, 0.3) is 0 Å². The van der Waals surface area contributed by atoms with Gasteiger partial charge in [-0.2, -0.15) is 0 Å². The van der Waals surface area contributed by atoms with E-state index in [2.05, 4.69) is 46.6 Å².